The van der Waals surface area contributed by atoms with Crippen LogP contribution in [0.4, 0.5) is 0 Å². The third-order valence-electron chi connectivity index (χ3n) is 3.23. The molecule has 1 aliphatic heterocycles. The van der Waals surface area contributed by atoms with Crippen molar-refractivity contribution in [2.45, 2.75) is 18.6 Å². The molecule has 1 aromatic heterocycles. The van der Waals surface area contributed by atoms with Crippen LogP contribution >= 0.6 is 0 Å². The van der Waals surface area contributed by atoms with Gasteiger partial charge in [0.15, 0.2) is 11.5 Å². The van der Waals surface area contributed by atoms with Crippen molar-refractivity contribution in [3.8, 4) is 11.5 Å². The molecule has 0 aliphatic carbocycles. The number of fused-ring (bicyclic) bond motifs is 1. The van der Waals surface area contributed by atoms with Crippen LogP contribution in [0.2, 0.25) is 0 Å². The molecule has 0 saturated carbocycles. The smallest absolute Gasteiger partial charge is 0.161 e. The third kappa shape index (κ3) is 2.69. The molecule has 0 unspecified atom stereocenters. The van der Waals surface area contributed by atoms with E-state index >= 15 is 0 Å². The van der Waals surface area contributed by atoms with Gasteiger partial charge in [-0.25, -0.2) is 0 Å². The first-order valence-corrected chi connectivity index (χ1v) is 6.36. The van der Waals surface area contributed by atoms with Crippen molar-refractivity contribution in [3.05, 3.63) is 54.4 Å². The molecule has 0 bridgehead atoms. The summed E-state index contributed by atoms with van der Waals surface area (Å²) < 4.78 is 11.6. The molecule has 2 atom stereocenters. The SMILES string of the molecule is N[C@H](Cc1ccncc1)[C@H]1COc2ccccc2O1. The lowest BCUT2D eigenvalue weighted by Gasteiger charge is -2.30. The molecule has 2 heterocycles. The van der Waals surface area contributed by atoms with E-state index in [-0.39, 0.29) is 12.1 Å². The second kappa shape index (κ2) is 5.28. The number of nitrogens with zero attached hydrogens (tertiary/aromatic N) is 1. The Bertz CT molecular complexity index is 545. The van der Waals surface area contributed by atoms with Crippen molar-refractivity contribution in [3.63, 3.8) is 0 Å². The van der Waals surface area contributed by atoms with E-state index in [1.54, 1.807) is 12.4 Å². The normalized spacial score (nSPS) is 18.9. The van der Waals surface area contributed by atoms with Gasteiger partial charge < -0.3 is 15.2 Å². The van der Waals surface area contributed by atoms with E-state index in [1.807, 2.05) is 36.4 Å². The van der Waals surface area contributed by atoms with E-state index in [0.717, 1.165) is 23.5 Å². The molecule has 4 heteroatoms. The van der Waals surface area contributed by atoms with E-state index in [0.29, 0.717) is 6.61 Å². The number of hydrogen-bond acceptors (Lipinski definition) is 4. The first kappa shape index (κ1) is 12.0. The van der Waals surface area contributed by atoms with Crippen LogP contribution < -0.4 is 15.2 Å². The molecule has 0 amide bonds. The Balaban J connectivity index is 1.68. The van der Waals surface area contributed by atoms with E-state index in [2.05, 4.69) is 4.98 Å². The molecule has 2 N–H and O–H groups in total. The fourth-order valence-corrected chi connectivity index (χ4v) is 2.17. The topological polar surface area (TPSA) is 57.4 Å². The van der Waals surface area contributed by atoms with E-state index in [9.17, 15) is 0 Å². The van der Waals surface area contributed by atoms with Crippen molar-refractivity contribution in [1.29, 1.82) is 0 Å². The van der Waals surface area contributed by atoms with Gasteiger partial charge in [-0.1, -0.05) is 12.1 Å². The van der Waals surface area contributed by atoms with Gasteiger partial charge in [0.05, 0.1) is 0 Å². The third-order valence-corrected chi connectivity index (χ3v) is 3.23. The number of rotatable bonds is 3. The number of hydrogen-bond donors (Lipinski definition) is 1. The lowest BCUT2D eigenvalue weighted by molar-refractivity contribution is 0.0723. The molecule has 2 aromatic rings. The Morgan fingerprint density at radius 1 is 1.16 bits per heavy atom. The van der Waals surface area contributed by atoms with Crippen LogP contribution in [0.15, 0.2) is 48.8 Å². The summed E-state index contributed by atoms with van der Waals surface area (Å²) in [6, 6.07) is 11.5. The Kier molecular flexibility index (Phi) is 3.33. The predicted octanol–water partition coefficient (Wildman–Crippen LogP) is 1.79. The van der Waals surface area contributed by atoms with Crippen molar-refractivity contribution in [1.82, 2.24) is 4.98 Å². The van der Waals surface area contributed by atoms with Gasteiger partial charge in [0.2, 0.25) is 0 Å². The van der Waals surface area contributed by atoms with Crippen LogP contribution in [0.5, 0.6) is 11.5 Å². The van der Waals surface area contributed by atoms with Crippen LogP contribution in [-0.4, -0.2) is 23.7 Å². The maximum Gasteiger partial charge on any atom is 0.161 e. The van der Waals surface area contributed by atoms with Crippen LogP contribution in [0.1, 0.15) is 5.56 Å². The number of aromatic nitrogens is 1. The van der Waals surface area contributed by atoms with Crippen LogP contribution in [-0.2, 0) is 6.42 Å². The standard InChI is InChI=1S/C15H16N2O2/c16-12(9-11-5-7-17-8-6-11)15-10-18-13-3-1-2-4-14(13)19-15/h1-8,12,15H,9-10,16H2/t12-,15-/m1/s1. The van der Waals surface area contributed by atoms with Crippen LogP contribution in [0.25, 0.3) is 0 Å². The number of benzene rings is 1. The average Bonchev–Trinajstić information content (AvgIpc) is 2.48. The molecule has 1 aromatic carbocycles. The number of ether oxygens (including phenoxy) is 2. The molecule has 4 nitrogen and oxygen atoms in total. The highest BCUT2D eigenvalue weighted by molar-refractivity contribution is 5.40. The summed E-state index contributed by atoms with van der Waals surface area (Å²) in [7, 11) is 0. The van der Waals surface area contributed by atoms with Gasteiger partial charge in [0, 0.05) is 18.4 Å². The van der Waals surface area contributed by atoms with Crippen molar-refractivity contribution in [2.75, 3.05) is 6.61 Å². The summed E-state index contributed by atoms with van der Waals surface area (Å²) in [4.78, 5) is 4.00. The zero-order chi connectivity index (χ0) is 13.1. The van der Waals surface area contributed by atoms with Gasteiger partial charge in [-0.05, 0) is 36.2 Å². The van der Waals surface area contributed by atoms with E-state index in [1.165, 1.54) is 0 Å². The predicted molar refractivity (Wildman–Crippen MR) is 72.3 cm³/mol. The lowest BCUT2D eigenvalue weighted by atomic mass is 10.0. The van der Waals surface area contributed by atoms with Gasteiger partial charge in [0.1, 0.15) is 12.7 Å². The maximum absolute atomic E-state index is 6.21. The maximum atomic E-state index is 6.21. The first-order chi connectivity index (χ1) is 9.33. The summed E-state index contributed by atoms with van der Waals surface area (Å²) in [5.74, 6) is 1.55. The van der Waals surface area contributed by atoms with Crippen molar-refractivity contribution >= 4 is 0 Å². The summed E-state index contributed by atoms with van der Waals surface area (Å²) in [5, 5.41) is 0. The van der Waals surface area contributed by atoms with Gasteiger partial charge in [-0.2, -0.15) is 0 Å². The number of para-hydroxylation sites is 2. The second-order valence-corrected chi connectivity index (χ2v) is 4.64. The largest absolute Gasteiger partial charge is 0.486 e. The van der Waals surface area contributed by atoms with E-state index < -0.39 is 0 Å². The molecule has 3 rings (SSSR count). The summed E-state index contributed by atoms with van der Waals surface area (Å²) in [5.41, 5.74) is 7.37. The minimum absolute atomic E-state index is 0.101. The van der Waals surface area contributed by atoms with Crippen molar-refractivity contribution < 1.29 is 9.47 Å². The lowest BCUT2D eigenvalue weighted by Crippen LogP contribution is -2.46. The van der Waals surface area contributed by atoms with Gasteiger partial charge >= 0.3 is 0 Å². The highest BCUT2D eigenvalue weighted by Gasteiger charge is 2.26. The van der Waals surface area contributed by atoms with E-state index in [4.69, 9.17) is 15.2 Å². The monoisotopic (exact) mass is 256 g/mol. The Morgan fingerprint density at radius 2 is 1.89 bits per heavy atom. The van der Waals surface area contributed by atoms with Gasteiger partial charge in [-0.3, -0.25) is 4.98 Å². The van der Waals surface area contributed by atoms with Crippen LogP contribution in [0, 0.1) is 0 Å². The first-order valence-electron chi connectivity index (χ1n) is 6.36. The van der Waals surface area contributed by atoms with Crippen molar-refractivity contribution in [2.24, 2.45) is 5.73 Å². The Labute approximate surface area is 112 Å². The number of nitrogens with two attached hydrogens (primary N) is 1. The highest BCUT2D eigenvalue weighted by Crippen LogP contribution is 2.31. The minimum atomic E-state index is -0.122. The molecule has 19 heavy (non-hydrogen) atoms. The fourth-order valence-electron chi connectivity index (χ4n) is 2.17. The second-order valence-electron chi connectivity index (χ2n) is 4.64. The Morgan fingerprint density at radius 3 is 2.68 bits per heavy atom. The average molecular weight is 256 g/mol. The molecule has 0 spiro atoms. The zero-order valence-electron chi connectivity index (χ0n) is 10.5. The molecule has 0 saturated heterocycles. The zero-order valence-corrected chi connectivity index (χ0v) is 10.5. The highest BCUT2D eigenvalue weighted by atomic mass is 16.6. The molecule has 0 radical (unpaired) electrons. The fraction of sp³-hybridized carbons (Fsp3) is 0.267. The number of pyridine rings is 1. The van der Waals surface area contributed by atoms with Crippen LogP contribution in [0.3, 0.4) is 0 Å². The van der Waals surface area contributed by atoms with Gasteiger partial charge in [0.25, 0.3) is 0 Å². The molecule has 0 fully saturated rings. The quantitative estimate of drug-likeness (QED) is 0.909. The minimum Gasteiger partial charge on any atom is -0.486 e. The molecule has 1 aliphatic rings. The molecular weight excluding hydrogens is 240 g/mol. The Hall–Kier alpha value is -2.07. The van der Waals surface area contributed by atoms with Gasteiger partial charge in [-0.15, -0.1) is 0 Å². The summed E-state index contributed by atoms with van der Waals surface area (Å²) in [6.07, 6.45) is 4.17. The summed E-state index contributed by atoms with van der Waals surface area (Å²) in [6.45, 7) is 0.489. The molecular formula is C15H16N2O2. The molecule has 98 valence electrons. The summed E-state index contributed by atoms with van der Waals surface area (Å²) >= 11 is 0.